The number of carboxylic acids is 1. The molecule has 0 amide bonds. The molecule has 2 saturated heterocycles. The van der Waals surface area contributed by atoms with Gasteiger partial charge in [0.25, 0.3) is 0 Å². The van der Waals surface area contributed by atoms with Gasteiger partial charge >= 0.3 is 5.97 Å². The van der Waals surface area contributed by atoms with Crippen molar-refractivity contribution in [1.82, 2.24) is 0 Å². The van der Waals surface area contributed by atoms with Crippen LogP contribution in [0.25, 0.3) is 5.57 Å². The standard InChI is InChI=1S/C29H27F3N2O2/c1-18-26(30)24(25(29(35)36)28(32)27(18)31)23(19-6-10-21(11-7-19)33-14-2-3-15-33)20-8-12-22(13-9-20)34-16-4-5-17-34/h6-13H,2-5,14-17H2,1H3/p+1. The lowest BCUT2D eigenvalue weighted by Gasteiger charge is -2.21. The summed E-state index contributed by atoms with van der Waals surface area (Å²) in [6, 6.07) is 7.40. The molecule has 1 N–H and O–H groups in total. The quantitative estimate of drug-likeness (QED) is 0.427. The highest BCUT2D eigenvalue weighted by molar-refractivity contribution is 6.05. The number of benzene rings is 2. The lowest BCUT2D eigenvalue weighted by Crippen LogP contribution is -2.17. The molecule has 2 aromatic carbocycles. The summed E-state index contributed by atoms with van der Waals surface area (Å²) in [6.07, 6.45) is 11.9. The molecule has 1 aliphatic carbocycles. The van der Waals surface area contributed by atoms with E-state index in [1.54, 1.807) is 24.3 Å². The second kappa shape index (κ2) is 9.80. The van der Waals surface area contributed by atoms with E-state index in [1.165, 1.54) is 0 Å². The normalized spacial score (nSPS) is 17.4. The topological polar surface area (TPSA) is 43.5 Å². The fraction of sp³-hybridized carbons (Fsp3) is 0.310. The summed E-state index contributed by atoms with van der Waals surface area (Å²) in [6.45, 7) is 4.93. The van der Waals surface area contributed by atoms with Crippen molar-refractivity contribution in [3.8, 4) is 0 Å². The van der Waals surface area contributed by atoms with E-state index in [0.717, 1.165) is 70.2 Å². The molecular formula is C29H28F3N2O2+. The van der Waals surface area contributed by atoms with Crippen molar-refractivity contribution in [3.63, 3.8) is 0 Å². The van der Waals surface area contributed by atoms with Gasteiger partial charge in [-0.1, -0.05) is 12.1 Å². The van der Waals surface area contributed by atoms with E-state index in [2.05, 4.69) is 9.48 Å². The van der Waals surface area contributed by atoms with Crippen LogP contribution >= 0.6 is 0 Å². The number of allylic oxidation sites excluding steroid dienone is 5. The summed E-state index contributed by atoms with van der Waals surface area (Å²) >= 11 is 0. The van der Waals surface area contributed by atoms with Crippen LogP contribution in [0.15, 0.2) is 54.1 Å². The Hall–Kier alpha value is -3.61. The van der Waals surface area contributed by atoms with E-state index < -0.39 is 40.1 Å². The van der Waals surface area contributed by atoms with Crippen molar-refractivity contribution in [2.75, 3.05) is 31.1 Å². The Bertz CT molecular complexity index is 1320. The molecule has 2 aliphatic heterocycles. The Morgan fingerprint density at radius 2 is 1.44 bits per heavy atom. The van der Waals surface area contributed by atoms with E-state index in [9.17, 15) is 18.7 Å². The van der Waals surface area contributed by atoms with Crippen molar-refractivity contribution in [2.24, 2.45) is 0 Å². The molecule has 7 heteroatoms. The summed E-state index contributed by atoms with van der Waals surface area (Å²) in [7, 11) is 0. The predicted octanol–water partition coefficient (Wildman–Crippen LogP) is 5.89. The molecule has 2 fully saturated rings. The Labute approximate surface area is 208 Å². The average molecular weight is 494 g/mol. The van der Waals surface area contributed by atoms with Gasteiger partial charge < -0.3 is 10.0 Å². The van der Waals surface area contributed by atoms with Gasteiger partial charge in [0, 0.05) is 60.5 Å². The minimum Gasteiger partial charge on any atom is -0.478 e. The first-order valence-corrected chi connectivity index (χ1v) is 12.3. The van der Waals surface area contributed by atoms with E-state index in [1.807, 2.05) is 24.3 Å². The molecule has 4 nitrogen and oxygen atoms in total. The minimum atomic E-state index is -1.72. The zero-order valence-electron chi connectivity index (χ0n) is 20.2. The molecule has 36 heavy (non-hydrogen) atoms. The maximum absolute atomic E-state index is 15.6. The molecule has 2 heterocycles. The third kappa shape index (κ3) is 4.27. The van der Waals surface area contributed by atoms with Gasteiger partial charge in [-0.25, -0.2) is 22.5 Å². The van der Waals surface area contributed by atoms with Gasteiger partial charge in [0.15, 0.2) is 17.3 Å². The summed E-state index contributed by atoms with van der Waals surface area (Å²) in [5, 5.41) is 9.80. The van der Waals surface area contributed by atoms with E-state index in [-0.39, 0.29) is 5.57 Å². The van der Waals surface area contributed by atoms with Crippen molar-refractivity contribution in [3.05, 3.63) is 93.8 Å². The van der Waals surface area contributed by atoms with Gasteiger partial charge in [-0.05, 0) is 55.2 Å². The number of halogens is 3. The first-order chi connectivity index (χ1) is 17.4. The summed E-state index contributed by atoms with van der Waals surface area (Å²) in [5.74, 6) is -5.84. The number of rotatable bonds is 4. The molecule has 0 spiro atoms. The minimum absolute atomic E-state index is 0.216. The molecule has 2 aromatic rings. The van der Waals surface area contributed by atoms with Gasteiger partial charge in [0.05, 0.1) is 0 Å². The largest absolute Gasteiger partial charge is 0.478 e. The lowest BCUT2D eigenvalue weighted by molar-refractivity contribution is -0.504. The highest BCUT2D eigenvalue weighted by Gasteiger charge is 2.31. The van der Waals surface area contributed by atoms with Crippen LogP contribution in [-0.2, 0) is 0 Å². The monoisotopic (exact) mass is 493 g/mol. The maximum atomic E-state index is 15.6. The summed E-state index contributed by atoms with van der Waals surface area (Å²) in [5.41, 5.74) is 1.30. The van der Waals surface area contributed by atoms with E-state index in [4.69, 9.17) is 0 Å². The zero-order chi connectivity index (χ0) is 25.4. The number of anilines is 1. The van der Waals surface area contributed by atoms with Gasteiger partial charge in [-0.15, -0.1) is 0 Å². The second-order valence-electron chi connectivity index (χ2n) is 9.48. The van der Waals surface area contributed by atoms with Crippen molar-refractivity contribution < 1.29 is 27.6 Å². The molecule has 5 rings (SSSR count). The SMILES string of the molecule is Cc1c(F)c(F)c(C(=O)O)c(C(=C2C=CC(=[N+]3CCCC3)C=C2)c2ccc(N3CCCC3)cc2)c1F. The van der Waals surface area contributed by atoms with E-state index >= 15 is 4.39 Å². The number of hydrogen-bond acceptors (Lipinski definition) is 2. The Balaban J connectivity index is 1.72. The van der Waals surface area contributed by atoms with Crippen LogP contribution in [0.4, 0.5) is 18.9 Å². The van der Waals surface area contributed by atoms with Crippen LogP contribution in [0, 0.1) is 24.4 Å². The third-order valence-corrected chi connectivity index (χ3v) is 7.26. The fourth-order valence-corrected chi connectivity index (χ4v) is 5.30. The molecule has 0 saturated carbocycles. The number of hydrogen-bond donors (Lipinski definition) is 1. The highest BCUT2D eigenvalue weighted by Crippen LogP contribution is 2.38. The Morgan fingerprint density at radius 1 is 0.833 bits per heavy atom. The molecular weight excluding hydrogens is 465 g/mol. The fourth-order valence-electron chi connectivity index (χ4n) is 5.30. The molecule has 3 aliphatic rings. The van der Waals surface area contributed by atoms with Crippen molar-refractivity contribution >= 4 is 22.9 Å². The maximum Gasteiger partial charge on any atom is 0.339 e. The molecule has 0 aromatic heterocycles. The van der Waals surface area contributed by atoms with Crippen LogP contribution in [0.5, 0.6) is 0 Å². The zero-order valence-corrected chi connectivity index (χ0v) is 20.2. The number of nitrogens with zero attached hydrogens (tertiary/aromatic N) is 2. The second-order valence-corrected chi connectivity index (χ2v) is 9.48. The Morgan fingerprint density at radius 3 is 2.03 bits per heavy atom. The van der Waals surface area contributed by atoms with Crippen LogP contribution in [-0.4, -0.2) is 47.5 Å². The number of carbonyl (C=O) groups is 1. The molecule has 0 atom stereocenters. The third-order valence-electron chi connectivity index (χ3n) is 7.26. The number of aromatic carboxylic acids is 1. The average Bonchev–Trinajstić information content (AvgIpc) is 3.62. The summed E-state index contributed by atoms with van der Waals surface area (Å²) in [4.78, 5) is 14.3. The van der Waals surface area contributed by atoms with Crippen LogP contribution in [0.3, 0.4) is 0 Å². The molecule has 186 valence electrons. The molecule has 0 radical (unpaired) electrons. The number of carboxylic acid groups (broad SMARTS) is 1. The lowest BCUT2D eigenvalue weighted by atomic mass is 9.86. The van der Waals surface area contributed by atoms with Gasteiger partial charge in [-0.3, -0.25) is 0 Å². The Kier molecular flexibility index (Phi) is 6.56. The van der Waals surface area contributed by atoms with Gasteiger partial charge in [0.1, 0.15) is 24.5 Å². The van der Waals surface area contributed by atoms with Gasteiger partial charge in [-0.2, -0.15) is 0 Å². The predicted molar refractivity (Wildman–Crippen MR) is 134 cm³/mol. The summed E-state index contributed by atoms with van der Waals surface area (Å²) < 4.78 is 47.2. The van der Waals surface area contributed by atoms with Crippen LogP contribution < -0.4 is 4.90 Å². The van der Waals surface area contributed by atoms with Crippen molar-refractivity contribution in [1.29, 1.82) is 0 Å². The first kappa shape index (κ1) is 24.1. The first-order valence-electron chi connectivity index (χ1n) is 12.3. The van der Waals surface area contributed by atoms with Crippen LogP contribution in [0.1, 0.15) is 52.7 Å². The highest BCUT2D eigenvalue weighted by atomic mass is 19.2. The molecule has 0 unspecified atom stereocenters. The van der Waals surface area contributed by atoms with Crippen molar-refractivity contribution in [2.45, 2.75) is 32.6 Å². The van der Waals surface area contributed by atoms with Gasteiger partial charge in [0.2, 0.25) is 0 Å². The van der Waals surface area contributed by atoms with E-state index in [0.29, 0.717) is 11.1 Å². The smallest absolute Gasteiger partial charge is 0.339 e. The van der Waals surface area contributed by atoms with Crippen LogP contribution in [0.2, 0.25) is 0 Å². The molecule has 0 bridgehead atoms.